The summed E-state index contributed by atoms with van der Waals surface area (Å²) in [5, 5.41) is 0. The van der Waals surface area contributed by atoms with E-state index >= 15 is 0 Å². The molecule has 0 spiro atoms. The lowest BCUT2D eigenvalue weighted by atomic mass is 10.00. The van der Waals surface area contributed by atoms with Crippen LogP contribution in [0.25, 0.3) is 0 Å². The number of hydroxylamine groups is 1. The first-order chi connectivity index (χ1) is 17.7. The van der Waals surface area contributed by atoms with Gasteiger partial charge in [-0.3, -0.25) is 4.79 Å². The van der Waals surface area contributed by atoms with E-state index in [-0.39, 0.29) is 18.6 Å². The van der Waals surface area contributed by atoms with Crippen LogP contribution in [0.1, 0.15) is 47.9 Å². The molecule has 2 unspecified atom stereocenters. The maximum absolute atomic E-state index is 12.4. The Labute approximate surface area is 210 Å². The largest absolute Gasteiger partial charge is 0.480 e. The van der Waals surface area contributed by atoms with Gasteiger partial charge in [0, 0.05) is 31.7 Å². The van der Waals surface area contributed by atoms with Gasteiger partial charge in [0.05, 0.1) is 0 Å². The summed E-state index contributed by atoms with van der Waals surface area (Å²) in [7, 11) is 0. The van der Waals surface area contributed by atoms with Crippen LogP contribution in [0, 0.1) is 11.8 Å². The molecule has 3 aliphatic rings. The van der Waals surface area contributed by atoms with Crippen LogP contribution in [0.2, 0.25) is 0 Å². The number of carbonyl (C=O) groups excluding carboxylic acids is 2. The third kappa shape index (κ3) is 5.99. The normalized spacial score (nSPS) is 20.6. The Kier molecular flexibility index (Phi) is 7.70. The van der Waals surface area contributed by atoms with Crippen molar-refractivity contribution in [3.05, 3.63) is 64.7 Å². The topological polar surface area (TPSA) is 86.3 Å². The number of ether oxygens (including phenoxy) is 3. The third-order valence-corrected chi connectivity index (χ3v) is 6.62. The molecule has 0 bridgehead atoms. The second kappa shape index (κ2) is 11.5. The number of hydrogen-bond donors (Lipinski definition) is 1. The molecule has 8 nitrogen and oxygen atoms in total. The third-order valence-electron chi connectivity index (χ3n) is 6.62. The van der Waals surface area contributed by atoms with Gasteiger partial charge in [-0.05, 0) is 67.0 Å². The first kappa shape index (κ1) is 24.2. The maximum atomic E-state index is 12.4. The average molecular weight is 491 g/mol. The van der Waals surface area contributed by atoms with Gasteiger partial charge >= 0.3 is 6.09 Å². The van der Waals surface area contributed by atoms with Gasteiger partial charge in [0.1, 0.15) is 5.75 Å². The molecule has 2 aromatic carbocycles. The molecule has 3 heterocycles. The standard InChI is InChI=1S/C28H30N2O6/c31-27(29-36-26-9-3-4-16-33-26)25-13-11-22-18-20(10-12-24(22)35-25)6-5-17-34-28(32)30-15-14-21-7-1-2-8-23(21)19-30/h1-2,7-8,10,12,18,25-26H,3-4,9,11,13-17,19H2,(H,29,31). The molecule has 0 aromatic heterocycles. The highest BCUT2D eigenvalue weighted by Crippen LogP contribution is 2.28. The minimum Gasteiger partial charge on any atom is -0.480 e. The maximum Gasteiger partial charge on any atom is 0.411 e. The predicted octanol–water partition coefficient (Wildman–Crippen LogP) is 3.50. The van der Waals surface area contributed by atoms with Gasteiger partial charge in [0.2, 0.25) is 0 Å². The molecule has 1 N–H and O–H groups in total. The molecule has 1 fully saturated rings. The van der Waals surface area contributed by atoms with E-state index in [2.05, 4.69) is 23.4 Å². The number of carbonyl (C=O) groups is 2. The van der Waals surface area contributed by atoms with E-state index in [9.17, 15) is 9.59 Å². The van der Waals surface area contributed by atoms with E-state index in [4.69, 9.17) is 19.0 Å². The Hall–Kier alpha value is -3.54. The molecule has 5 rings (SSSR count). The van der Waals surface area contributed by atoms with Gasteiger partial charge < -0.3 is 19.1 Å². The fraction of sp³-hybridized carbons (Fsp3) is 0.429. The van der Waals surface area contributed by atoms with Crippen LogP contribution >= 0.6 is 0 Å². The molecule has 1 saturated heterocycles. The Morgan fingerprint density at radius 2 is 1.94 bits per heavy atom. The van der Waals surface area contributed by atoms with E-state index in [1.54, 1.807) is 4.90 Å². The number of fused-ring (bicyclic) bond motifs is 2. The lowest BCUT2D eigenvalue weighted by Gasteiger charge is -2.27. The number of rotatable bonds is 4. The van der Waals surface area contributed by atoms with Crippen LogP contribution < -0.4 is 10.2 Å². The molecule has 3 aliphatic heterocycles. The molecule has 2 atom stereocenters. The first-order valence-corrected chi connectivity index (χ1v) is 12.5. The van der Waals surface area contributed by atoms with Crippen molar-refractivity contribution >= 4 is 12.0 Å². The first-order valence-electron chi connectivity index (χ1n) is 12.5. The van der Waals surface area contributed by atoms with Crippen LogP contribution in [0.15, 0.2) is 42.5 Å². The van der Waals surface area contributed by atoms with Crippen LogP contribution in [0.3, 0.4) is 0 Å². The zero-order chi connectivity index (χ0) is 24.7. The zero-order valence-corrected chi connectivity index (χ0v) is 20.2. The van der Waals surface area contributed by atoms with E-state index in [0.717, 1.165) is 42.4 Å². The summed E-state index contributed by atoms with van der Waals surface area (Å²) in [5.41, 5.74) is 6.72. The number of benzene rings is 2. The Bertz CT molecular complexity index is 1160. The molecular weight excluding hydrogens is 460 g/mol. The highest BCUT2D eigenvalue weighted by molar-refractivity contribution is 5.80. The summed E-state index contributed by atoms with van der Waals surface area (Å²) >= 11 is 0. The molecule has 2 amide bonds. The zero-order valence-electron chi connectivity index (χ0n) is 20.2. The van der Waals surface area contributed by atoms with Gasteiger partial charge in [0.25, 0.3) is 5.91 Å². The van der Waals surface area contributed by atoms with E-state index in [0.29, 0.717) is 38.3 Å². The Morgan fingerprint density at radius 1 is 1.06 bits per heavy atom. The number of aryl methyl sites for hydroxylation is 1. The fourth-order valence-corrected chi connectivity index (χ4v) is 4.62. The summed E-state index contributed by atoms with van der Waals surface area (Å²) in [5.74, 6) is 6.32. The van der Waals surface area contributed by atoms with Crippen LogP contribution in [-0.2, 0) is 38.5 Å². The quantitative estimate of drug-likeness (QED) is 0.522. The summed E-state index contributed by atoms with van der Waals surface area (Å²) in [6.45, 7) is 1.88. The van der Waals surface area contributed by atoms with Crippen molar-refractivity contribution in [1.29, 1.82) is 0 Å². The van der Waals surface area contributed by atoms with Crippen molar-refractivity contribution in [1.82, 2.24) is 10.4 Å². The second-order valence-corrected chi connectivity index (χ2v) is 9.14. The van der Waals surface area contributed by atoms with Crippen molar-refractivity contribution in [2.75, 3.05) is 19.8 Å². The fourth-order valence-electron chi connectivity index (χ4n) is 4.62. The van der Waals surface area contributed by atoms with Crippen molar-refractivity contribution in [3.8, 4) is 17.6 Å². The van der Waals surface area contributed by atoms with E-state index in [1.165, 1.54) is 5.56 Å². The molecule has 188 valence electrons. The average Bonchev–Trinajstić information content (AvgIpc) is 2.93. The molecule has 2 aromatic rings. The van der Waals surface area contributed by atoms with Gasteiger partial charge in [-0.1, -0.05) is 36.1 Å². The van der Waals surface area contributed by atoms with Crippen molar-refractivity contribution in [2.45, 2.75) is 57.5 Å². The van der Waals surface area contributed by atoms with E-state index in [1.807, 2.05) is 36.4 Å². The SMILES string of the molecule is O=C(NOC1CCCCO1)C1CCc2cc(C#CCOC(=O)N3CCc4ccccc4C3)ccc2O1. The van der Waals surface area contributed by atoms with Crippen molar-refractivity contribution in [2.24, 2.45) is 0 Å². The summed E-state index contributed by atoms with van der Waals surface area (Å²) in [4.78, 5) is 31.9. The highest BCUT2D eigenvalue weighted by Gasteiger charge is 2.27. The number of amides is 2. The Morgan fingerprint density at radius 3 is 2.81 bits per heavy atom. The monoisotopic (exact) mass is 490 g/mol. The molecular formula is C28H30N2O6. The second-order valence-electron chi connectivity index (χ2n) is 9.14. The summed E-state index contributed by atoms with van der Waals surface area (Å²) in [6.07, 6.45) is 3.52. The minimum atomic E-state index is -0.612. The lowest BCUT2D eigenvalue weighted by molar-refractivity contribution is -0.203. The number of nitrogens with one attached hydrogen (secondary N) is 1. The highest BCUT2D eigenvalue weighted by atomic mass is 16.8. The van der Waals surface area contributed by atoms with Gasteiger partial charge in [-0.15, -0.1) is 0 Å². The van der Waals surface area contributed by atoms with Gasteiger partial charge in [-0.25, -0.2) is 15.1 Å². The van der Waals surface area contributed by atoms with Crippen molar-refractivity contribution < 1.29 is 28.6 Å². The molecule has 0 aliphatic carbocycles. The van der Waals surface area contributed by atoms with Gasteiger partial charge in [-0.2, -0.15) is 0 Å². The number of hydrogen-bond acceptors (Lipinski definition) is 6. The number of nitrogens with zero attached hydrogens (tertiary/aromatic N) is 1. The van der Waals surface area contributed by atoms with Crippen molar-refractivity contribution in [3.63, 3.8) is 0 Å². The van der Waals surface area contributed by atoms with E-state index < -0.39 is 12.4 Å². The van der Waals surface area contributed by atoms with Crippen LogP contribution in [0.4, 0.5) is 4.79 Å². The molecule has 0 radical (unpaired) electrons. The predicted molar refractivity (Wildman–Crippen MR) is 131 cm³/mol. The Balaban J connectivity index is 1.08. The molecule has 8 heteroatoms. The molecule has 0 saturated carbocycles. The lowest BCUT2D eigenvalue weighted by Crippen LogP contribution is -2.42. The van der Waals surface area contributed by atoms with Gasteiger partial charge in [0.15, 0.2) is 19.0 Å². The van der Waals surface area contributed by atoms with Crippen LogP contribution in [-0.4, -0.2) is 49.1 Å². The van der Waals surface area contributed by atoms with Crippen LogP contribution in [0.5, 0.6) is 5.75 Å². The summed E-state index contributed by atoms with van der Waals surface area (Å²) < 4.78 is 16.7. The molecule has 36 heavy (non-hydrogen) atoms. The summed E-state index contributed by atoms with van der Waals surface area (Å²) in [6, 6.07) is 13.8. The smallest absolute Gasteiger partial charge is 0.411 e. The minimum absolute atomic E-state index is 0.0253.